The number of likely N-dealkylation sites (tertiary alicyclic amines) is 2. The maximum absolute atomic E-state index is 12.1. The molecule has 2 amide bonds. The summed E-state index contributed by atoms with van der Waals surface area (Å²) in [5, 5.41) is 9.28. The van der Waals surface area contributed by atoms with Crippen LogP contribution in [0.1, 0.15) is 53.9 Å². The first-order valence-corrected chi connectivity index (χ1v) is 11.9. The van der Waals surface area contributed by atoms with Crippen LogP contribution in [0.5, 0.6) is 0 Å². The molecule has 2 aromatic rings. The Hall–Kier alpha value is -2.67. The van der Waals surface area contributed by atoms with Gasteiger partial charge in [0.25, 0.3) is 5.91 Å². The fourth-order valence-electron chi connectivity index (χ4n) is 4.79. The molecule has 174 valence electrons. The molecule has 2 N–H and O–H groups in total. The second-order valence-electron chi connectivity index (χ2n) is 8.86. The number of carbonyl (C=O) groups excluding carboxylic acids is 2. The smallest absolute Gasteiger partial charge is 0.267 e. The highest BCUT2D eigenvalue weighted by Gasteiger charge is 2.25. The van der Waals surface area contributed by atoms with E-state index in [-0.39, 0.29) is 5.91 Å². The third-order valence-corrected chi connectivity index (χ3v) is 6.82. The minimum atomic E-state index is -0.544. The Morgan fingerprint density at radius 2 is 1.85 bits per heavy atom. The van der Waals surface area contributed by atoms with Gasteiger partial charge in [0.2, 0.25) is 5.91 Å². The van der Waals surface area contributed by atoms with E-state index in [0.29, 0.717) is 18.9 Å². The quantitative estimate of drug-likeness (QED) is 0.360. The molecule has 0 saturated carbocycles. The summed E-state index contributed by atoms with van der Waals surface area (Å²) in [5.74, 6) is 0.183. The molecule has 6 nitrogen and oxygen atoms in total. The molecular weight excluding hydrogens is 438 g/mol. The van der Waals surface area contributed by atoms with Gasteiger partial charge in [-0.1, -0.05) is 41.9 Å². The van der Waals surface area contributed by atoms with Gasteiger partial charge in [0, 0.05) is 37.2 Å². The van der Waals surface area contributed by atoms with Crippen LogP contribution in [0.3, 0.4) is 0 Å². The zero-order valence-electron chi connectivity index (χ0n) is 18.7. The minimum Gasteiger partial charge on any atom is -0.338 e. The lowest BCUT2D eigenvalue weighted by atomic mass is 9.86. The van der Waals surface area contributed by atoms with Gasteiger partial charge >= 0.3 is 0 Å². The van der Waals surface area contributed by atoms with Crippen LogP contribution < -0.4 is 5.48 Å². The number of hydrogen-bond acceptors (Lipinski definition) is 4. The first-order chi connectivity index (χ1) is 16.0. The van der Waals surface area contributed by atoms with E-state index in [4.69, 9.17) is 16.8 Å². The van der Waals surface area contributed by atoms with E-state index in [2.05, 4.69) is 23.1 Å². The number of hydrogen-bond donors (Lipinski definition) is 2. The van der Waals surface area contributed by atoms with Gasteiger partial charge in [-0.25, -0.2) is 5.48 Å². The number of rotatable bonds is 7. The molecule has 0 radical (unpaired) electrons. The average Bonchev–Trinajstić information content (AvgIpc) is 3.23. The molecule has 0 aromatic heterocycles. The third kappa shape index (κ3) is 6.22. The lowest BCUT2D eigenvalue weighted by Crippen LogP contribution is -2.33. The van der Waals surface area contributed by atoms with Crippen LogP contribution in [0, 0.1) is 0 Å². The van der Waals surface area contributed by atoms with Crippen molar-refractivity contribution in [3.8, 4) is 0 Å². The van der Waals surface area contributed by atoms with Crippen LogP contribution in [0.25, 0.3) is 6.08 Å². The number of halogens is 1. The Labute approximate surface area is 199 Å². The molecule has 2 saturated heterocycles. The van der Waals surface area contributed by atoms with E-state index < -0.39 is 5.91 Å². The molecular formula is C26H30ClN3O3. The number of hydroxylamine groups is 1. The Morgan fingerprint density at radius 3 is 2.52 bits per heavy atom. The molecule has 4 rings (SSSR count). The number of nitrogens with one attached hydrogen (secondary N) is 1. The molecule has 0 spiro atoms. The minimum absolute atomic E-state index is 0.244. The molecule has 0 aliphatic carbocycles. The molecule has 33 heavy (non-hydrogen) atoms. The number of nitrogens with zero attached hydrogens (tertiary/aromatic N) is 2. The summed E-state index contributed by atoms with van der Waals surface area (Å²) in [6.07, 6.45) is 6.73. The summed E-state index contributed by atoms with van der Waals surface area (Å²) < 4.78 is 0. The predicted molar refractivity (Wildman–Crippen MR) is 129 cm³/mol. The van der Waals surface area contributed by atoms with Gasteiger partial charge in [-0.05, 0) is 78.7 Å². The van der Waals surface area contributed by atoms with Crippen molar-refractivity contribution in [1.82, 2.24) is 15.3 Å². The van der Waals surface area contributed by atoms with Crippen molar-refractivity contribution in [2.45, 2.75) is 44.7 Å². The second kappa shape index (κ2) is 11.0. The van der Waals surface area contributed by atoms with E-state index in [1.165, 1.54) is 22.8 Å². The van der Waals surface area contributed by atoms with E-state index in [1.54, 1.807) is 11.6 Å². The van der Waals surface area contributed by atoms with Gasteiger partial charge in [0.15, 0.2) is 0 Å². The highest BCUT2D eigenvalue weighted by Crippen LogP contribution is 2.33. The van der Waals surface area contributed by atoms with Crippen LogP contribution >= 0.6 is 11.6 Å². The molecule has 2 aliphatic rings. The molecule has 0 atom stereocenters. The van der Waals surface area contributed by atoms with Crippen molar-refractivity contribution in [1.29, 1.82) is 0 Å². The predicted octanol–water partition coefficient (Wildman–Crippen LogP) is 4.36. The number of piperidine rings is 1. The first-order valence-electron chi connectivity index (χ1n) is 11.5. The number of benzene rings is 2. The summed E-state index contributed by atoms with van der Waals surface area (Å²) >= 11 is 6.30. The lowest BCUT2D eigenvalue weighted by Gasteiger charge is -2.33. The van der Waals surface area contributed by atoms with Crippen LogP contribution in [-0.2, 0) is 22.7 Å². The molecule has 2 aromatic carbocycles. The normalized spacial score (nSPS) is 17.8. The highest BCUT2D eigenvalue weighted by atomic mass is 35.5. The van der Waals surface area contributed by atoms with Gasteiger partial charge in [-0.3, -0.25) is 19.7 Å². The molecule has 7 heteroatoms. The zero-order valence-corrected chi connectivity index (χ0v) is 19.4. The van der Waals surface area contributed by atoms with Crippen LogP contribution in [-0.4, -0.2) is 46.5 Å². The Morgan fingerprint density at radius 1 is 1.09 bits per heavy atom. The summed E-state index contributed by atoms with van der Waals surface area (Å²) in [5.41, 5.74) is 6.25. The maximum Gasteiger partial charge on any atom is 0.267 e. The lowest BCUT2D eigenvalue weighted by molar-refractivity contribution is -0.128. The van der Waals surface area contributed by atoms with Gasteiger partial charge < -0.3 is 4.90 Å². The number of carbonyl (C=O) groups is 2. The Bertz CT molecular complexity index is 1010. The molecule has 0 bridgehead atoms. The topological polar surface area (TPSA) is 72.9 Å². The van der Waals surface area contributed by atoms with E-state index in [9.17, 15) is 9.59 Å². The van der Waals surface area contributed by atoms with Crippen LogP contribution in [0.2, 0.25) is 5.02 Å². The van der Waals surface area contributed by atoms with Gasteiger partial charge in [0.05, 0.1) is 0 Å². The van der Waals surface area contributed by atoms with Gasteiger partial charge in [0.1, 0.15) is 0 Å². The fraction of sp³-hybridized carbons (Fsp3) is 0.385. The van der Waals surface area contributed by atoms with Crippen LogP contribution in [0.15, 0.2) is 48.5 Å². The molecule has 2 fully saturated rings. The van der Waals surface area contributed by atoms with Crippen molar-refractivity contribution in [3.63, 3.8) is 0 Å². The molecule has 2 heterocycles. The third-order valence-electron chi connectivity index (χ3n) is 6.59. The first kappa shape index (κ1) is 23.5. The second-order valence-corrected chi connectivity index (χ2v) is 9.30. The van der Waals surface area contributed by atoms with Crippen LogP contribution in [0.4, 0.5) is 0 Å². The van der Waals surface area contributed by atoms with Crippen molar-refractivity contribution in [2.24, 2.45) is 0 Å². The summed E-state index contributed by atoms with van der Waals surface area (Å²) in [4.78, 5) is 27.7. The summed E-state index contributed by atoms with van der Waals surface area (Å²) in [6.45, 7) is 4.44. The summed E-state index contributed by atoms with van der Waals surface area (Å²) in [7, 11) is 0. The van der Waals surface area contributed by atoms with Crippen molar-refractivity contribution < 1.29 is 14.8 Å². The Balaban J connectivity index is 1.34. The zero-order chi connectivity index (χ0) is 23.2. The molecule has 2 aliphatic heterocycles. The average molecular weight is 468 g/mol. The van der Waals surface area contributed by atoms with E-state index in [0.717, 1.165) is 56.0 Å². The van der Waals surface area contributed by atoms with Crippen molar-refractivity contribution in [3.05, 3.63) is 75.8 Å². The Kier molecular flexibility index (Phi) is 7.81. The van der Waals surface area contributed by atoms with E-state index in [1.807, 2.05) is 29.2 Å². The highest BCUT2D eigenvalue weighted by molar-refractivity contribution is 6.30. The monoisotopic (exact) mass is 467 g/mol. The fourth-order valence-corrected chi connectivity index (χ4v) is 4.98. The van der Waals surface area contributed by atoms with Crippen molar-refractivity contribution in [2.75, 3.05) is 19.6 Å². The van der Waals surface area contributed by atoms with Crippen molar-refractivity contribution >= 4 is 29.5 Å². The largest absolute Gasteiger partial charge is 0.338 e. The van der Waals surface area contributed by atoms with E-state index >= 15 is 0 Å². The van der Waals surface area contributed by atoms with Gasteiger partial charge in [-0.2, -0.15) is 0 Å². The number of amides is 2. The standard InChI is InChI=1S/C26H30ClN3O3/c27-23-8-9-24(22(16-23)18-30-13-1-2-26(30)32)21-11-14-29(15-12-21)17-20-5-3-19(4-6-20)7-10-25(31)28-33/h3-10,16,21,33H,1-2,11-15,17-18H2,(H,28,31)/b10-7+. The SMILES string of the molecule is O=C(/C=C/c1ccc(CN2CCC(c3ccc(Cl)cc3CN3CCCC3=O)CC2)cc1)NO. The maximum atomic E-state index is 12.1. The summed E-state index contributed by atoms with van der Waals surface area (Å²) in [6, 6.07) is 14.3. The van der Waals surface area contributed by atoms with Gasteiger partial charge in [-0.15, -0.1) is 0 Å². The molecule has 0 unspecified atom stereocenters.